The molecule has 1 rings (SSSR count). The van der Waals surface area contributed by atoms with Crippen LogP contribution in [-0.4, -0.2) is 24.0 Å². The Morgan fingerprint density at radius 1 is 1.62 bits per heavy atom. The van der Waals surface area contributed by atoms with Crippen LogP contribution in [0.5, 0.6) is 0 Å². The van der Waals surface area contributed by atoms with Crippen molar-refractivity contribution in [1.29, 1.82) is 0 Å². The van der Waals surface area contributed by atoms with E-state index < -0.39 is 26.7 Å². The van der Waals surface area contributed by atoms with Crippen molar-refractivity contribution in [3.05, 3.63) is 17.6 Å². The molecule has 0 aliphatic rings. The second-order valence-electron chi connectivity index (χ2n) is 2.29. The van der Waals surface area contributed by atoms with E-state index in [-0.39, 0.29) is 5.76 Å². The highest BCUT2D eigenvalue weighted by Gasteiger charge is 2.16. The molecule has 1 N–H and O–H groups in total. The van der Waals surface area contributed by atoms with Crippen LogP contribution in [-0.2, 0) is 10.1 Å². The van der Waals surface area contributed by atoms with Crippen LogP contribution in [0.15, 0.2) is 15.4 Å². The zero-order valence-electron chi connectivity index (χ0n) is 6.47. The second-order valence-corrected chi connectivity index (χ2v) is 3.64. The fraction of sp³-hybridized carbons (Fsp3) is 0.167. The van der Waals surface area contributed by atoms with Gasteiger partial charge in [-0.05, 0) is 6.92 Å². The first-order chi connectivity index (χ1) is 5.82. The zero-order valence-corrected chi connectivity index (χ0v) is 7.29. The molecule has 0 unspecified atom stereocenters. The number of furan rings is 1. The fourth-order valence-electron chi connectivity index (χ4n) is 0.819. The maximum atomic E-state index is 10.5. The van der Waals surface area contributed by atoms with Crippen molar-refractivity contribution in [2.75, 3.05) is 0 Å². The molecule has 0 amide bonds. The van der Waals surface area contributed by atoms with E-state index in [1.54, 1.807) is 0 Å². The smallest absolute Gasteiger partial charge is 0.371 e. The molecule has 0 aromatic carbocycles. The van der Waals surface area contributed by atoms with Gasteiger partial charge in [0.05, 0.1) is 4.90 Å². The Labute approximate surface area is 73.5 Å². The number of hydrogen-bond donors (Lipinski definition) is 1. The monoisotopic (exact) mass is 205 g/mol. The number of carbonyl (C=O) groups is 1. The van der Waals surface area contributed by atoms with Gasteiger partial charge in [0, 0.05) is 6.07 Å². The van der Waals surface area contributed by atoms with Gasteiger partial charge in [-0.1, -0.05) is 0 Å². The zero-order chi connectivity index (χ0) is 10.2. The largest absolute Gasteiger partial charge is 0.744 e. The van der Waals surface area contributed by atoms with Crippen LogP contribution in [0.4, 0.5) is 0 Å². The van der Waals surface area contributed by atoms with Crippen molar-refractivity contribution < 1.29 is 27.3 Å². The van der Waals surface area contributed by atoms with Crippen LogP contribution < -0.4 is 0 Å². The summed E-state index contributed by atoms with van der Waals surface area (Å²) < 4.78 is 36.0. The standard InChI is InChI=1S/C6H6O6S/c1-3-5(13(9,10)11)2-4(12-3)6(7)8/h2H,1H3,(H,7,8)(H,9,10,11)/p-1. The van der Waals surface area contributed by atoms with Gasteiger partial charge in [-0.25, -0.2) is 13.2 Å². The van der Waals surface area contributed by atoms with E-state index in [1.165, 1.54) is 6.92 Å². The third kappa shape index (κ3) is 1.87. The summed E-state index contributed by atoms with van der Waals surface area (Å²) in [5.41, 5.74) is 0. The molecule has 13 heavy (non-hydrogen) atoms. The van der Waals surface area contributed by atoms with Crippen LogP contribution in [0.25, 0.3) is 0 Å². The Balaban J connectivity index is 3.35. The first-order valence-electron chi connectivity index (χ1n) is 3.12. The molecule has 0 fully saturated rings. The minimum Gasteiger partial charge on any atom is -0.744 e. The number of rotatable bonds is 2. The summed E-state index contributed by atoms with van der Waals surface area (Å²) in [5.74, 6) is -2.20. The van der Waals surface area contributed by atoms with Crippen molar-refractivity contribution in [2.45, 2.75) is 11.8 Å². The van der Waals surface area contributed by atoms with Crippen LogP contribution in [0.1, 0.15) is 16.3 Å². The minimum absolute atomic E-state index is 0.215. The van der Waals surface area contributed by atoms with Gasteiger partial charge >= 0.3 is 5.97 Å². The van der Waals surface area contributed by atoms with Gasteiger partial charge in [0.15, 0.2) is 0 Å². The summed E-state index contributed by atoms with van der Waals surface area (Å²) >= 11 is 0. The van der Waals surface area contributed by atoms with Gasteiger partial charge in [-0.2, -0.15) is 0 Å². The maximum Gasteiger partial charge on any atom is 0.371 e. The third-order valence-corrected chi connectivity index (χ3v) is 2.30. The molecule has 7 heteroatoms. The second kappa shape index (κ2) is 2.86. The van der Waals surface area contributed by atoms with Crippen molar-refractivity contribution in [3.8, 4) is 0 Å². The molecule has 0 spiro atoms. The van der Waals surface area contributed by atoms with Gasteiger partial charge < -0.3 is 14.1 Å². The number of aromatic carboxylic acids is 1. The molecule has 0 atom stereocenters. The normalized spacial score (nSPS) is 11.5. The lowest BCUT2D eigenvalue weighted by atomic mass is 10.4. The topological polar surface area (TPSA) is 108 Å². The summed E-state index contributed by atoms with van der Waals surface area (Å²) in [6.07, 6.45) is 0. The average Bonchev–Trinajstić information content (AvgIpc) is 2.29. The number of aryl methyl sites for hydroxylation is 1. The van der Waals surface area contributed by atoms with E-state index in [9.17, 15) is 17.8 Å². The summed E-state index contributed by atoms with van der Waals surface area (Å²) in [6.45, 7) is 1.21. The Bertz CT molecular complexity index is 440. The molecule has 1 heterocycles. The van der Waals surface area contributed by atoms with E-state index in [1.807, 2.05) is 0 Å². The Kier molecular flexibility index (Phi) is 2.14. The Morgan fingerprint density at radius 2 is 2.15 bits per heavy atom. The summed E-state index contributed by atoms with van der Waals surface area (Å²) in [4.78, 5) is 9.67. The molecule has 0 radical (unpaired) electrons. The number of carboxylic acid groups (broad SMARTS) is 1. The lowest BCUT2D eigenvalue weighted by Gasteiger charge is -2.02. The quantitative estimate of drug-likeness (QED) is 0.690. The first-order valence-corrected chi connectivity index (χ1v) is 4.53. The summed E-state index contributed by atoms with van der Waals surface area (Å²) in [6, 6.07) is 0.694. The maximum absolute atomic E-state index is 10.5. The molecule has 0 saturated carbocycles. The van der Waals surface area contributed by atoms with E-state index >= 15 is 0 Å². The SMILES string of the molecule is Cc1oc(C(=O)O)cc1S(=O)(=O)[O-]. The predicted octanol–water partition coefficient (Wildman–Crippen LogP) is 0.190. The first kappa shape index (κ1) is 9.75. The highest BCUT2D eigenvalue weighted by molar-refractivity contribution is 7.85. The van der Waals surface area contributed by atoms with E-state index in [0.29, 0.717) is 6.07 Å². The van der Waals surface area contributed by atoms with Gasteiger partial charge in [-0.3, -0.25) is 0 Å². The Morgan fingerprint density at radius 3 is 2.38 bits per heavy atom. The van der Waals surface area contributed by atoms with Crippen molar-refractivity contribution in [2.24, 2.45) is 0 Å². The van der Waals surface area contributed by atoms with Gasteiger partial charge in [0.25, 0.3) is 0 Å². The van der Waals surface area contributed by atoms with Crippen molar-refractivity contribution in [3.63, 3.8) is 0 Å². The third-order valence-electron chi connectivity index (χ3n) is 1.35. The van der Waals surface area contributed by atoms with E-state index in [0.717, 1.165) is 0 Å². The number of carboxylic acids is 1. The van der Waals surface area contributed by atoms with Crippen LogP contribution in [0.3, 0.4) is 0 Å². The van der Waals surface area contributed by atoms with Crippen LogP contribution in [0, 0.1) is 6.92 Å². The highest BCUT2D eigenvalue weighted by Crippen LogP contribution is 2.19. The molecular weight excluding hydrogens is 200 g/mol. The predicted molar refractivity (Wildman–Crippen MR) is 38.4 cm³/mol. The van der Waals surface area contributed by atoms with E-state index in [4.69, 9.17) is 5.11 Å². The molecule has 0 aliphatic carbocycles. The fourth-order valence-corrected chi connectivity index (χ4v) is 1.46. The molecule has 72 valence electrons. The van der Waals surface area contributed by atoms with Crippen molar-refractivity contribution >= 4 is 16.1 Å². The van der Waals surface area contributed by atoms with Crippen LogP contribution >= 0.6 is 0 Å². The van der Waals surface area contributed by atoms with Crippen molar-refractivity contribution in [1.82, 2.24) is 0 Å². The van der Waals surface area contributed by atoms with Gasteiger partial charge in [0.2, 0.25) is 5.76 Å². The highest BCUT2D eigenvalue weighted by atomic mass is 32.2. The molecule has 6 nitrogen and oxygen atoms in total. The van der Waals surface area contributed by atoms with E-state index in [2.05, 4.69) is 4.42 Å². The minimum atomic E-state index is -4.65. The lowest BCUT2D eigenvalue weighted by molar-refractivity contribution is 0.0661. The molecule has 0 bridgehead atoms. The molecular formula is C6H5O6S-. The summed E-state index contributed by atoms with van der Waals surface area (Å²) in [5, 5.41) is 8.40. The van der Waals surface area contributed by atoms with Crippen LogP contribution in [0.2, 0.25) is 0 Å². The average molecular weight is 205 g/mol. The van der Waals surface area contributed by atoms with Gasteiger partial charge in [0.1, 0.15) is 15.9 Å². The molecule has 0 aliphatic heterocycles. The molecule has 1 aromatic rings. The lowest BCUT2D eigenvalue weighted by Crippen LogP contribution is -1.98. The summed E-state index contributed by atoms with van der Waals surface area (Å²) in [7, 11) is -4.65. The van der Waals surface area contributed by atoms with Gasteiger partial charge in [-0.15, -0.1) is 0 Å². The molecule has 0 saturated heterocycles. The number of hydrogen-bond acceptors (Lipinski definition) is 5. The Hall–Kier alpha value is -1.34. The molecule has 1 aromatic heterocycles.